The lowest BCUT2D eigenvalue weighted by Gasteiger charge is -2.09. The van der Waals surface area contributed by atoms with Gasteiger partial charge in [-0.05, 0) is 40.9 Å². The number of halogens is 1. The summed E-state index contributed by atoms with van der Waals surface area (Å²) in [5.74, 6) is -0.166. The van der Waals surface area contributed by atoms with Crippen molar-refractivity contribution in [2.24, 2.45) is 7.05 Å². The molecule has 0 aromatic carbocycles. The van der Waals surface area contributed by atoms with Crippen LogP contribution in [-0.4, -0.2) is 15.0 Å². The highest BCUT2D eigenvalue weighted by Crippen LogP contribution is 2.37. The summed E-state index contributed by atoms with van der Waals surface area (Å²) in [5.41, 5.74) is 1.14. The summed E-state index contributed by atoms with van der Waals surface area (Å²) in [4.78, 5) is 23.7. The molecule has 0 radical (unpaired) electrons. The molecule has 0 unspecified atom stereocenters. The number of amides is 1. The van der Waals surface area contributed by atoms with Crippen LogP contribution in [0.1, 0.15) is 29.4 Å². The van der Waals surface area contributed by atoms with Gasteiger partial charge in [-0.25, -0.2) is 0 Å². The van der Waals surface area contributed by atoms with Crippen LogP contribution in [-0.2, 0) is 7.05 Å². The molecule has 2 aromatic heterocycles. The van der Waals surface area contributed by atoms with E-state index in [1.807, 2.05) is 16.8 Å². The van der Waals surface area contributed by atoms with Gasteiger partial charge in [0.2, 0.25) is 5.56 Å². The van der Waals surface area contributed by atoms with Gasteiger partial charge >= 0.3 is 0 Å². The average molecular weight is 336 g/mol. The fourth-order valence-corrected chi connectivity index (χ4v) is 2.58. The van der Waals surface area contributed by atoms with Crippen molar-refractivity contribution in [1.82, 2.24) is 9.13 Å². The Labute approximate surface area is 124 Å². The molecule has 1 N–H and O–H groups in total. The third-order valence-corrected chi connectivity index (χ3v) is 3.77. The van der Waals surface area contributed by atoms with Gasteiger partial charge < -0.3 is 14.5 Å². The number of rotatable bonds is 3. The van der Waals surface area contributed by atoms with Crippen LogP contribution < -0.4 is 10.9 Å². The van der Waals surface area contributed by atoms with Gasteiger partial charge in [-0.1, -0.05) is 0 Å². The number of aryl methyl sites for hydroxylation is 1. The van der Waals surface area contributed by atoms with E-state index < -0.39 is 0 Å². The predicted octanol–water partition coefficient (Wildman–Crippen LogP) is 2.54. The second-order valence-electron chi connectivity index (χ2n) is 5.00. The predicted molar refractivity (Wildman–Crippen MR) is 80.0 cm³/mol. The summed E-state index contributed by atoms with van der Waals surface area (Å²) in [5, 5.41) is 2.82. The van der Waals surface area contributed by atoms with Crippen molar-refractivity contribution in [3.63, 3.8) is 0 Å². The molecule has 1 fully saturated rings. The molecule has 2 aromatic rings. The van der Waals surface area contributed by atoms with Crippen LogP contribution >= 0.6 is 15.9 Å². The highest BCUT2D eigenvalue weighted by molar-refractivity contribution is 9.10. The number of pyridine rings is 1. The Kier molecular flexibility index (Phi) is 3.25. The molecular formula is C14H14BrN3O2. The molecule has 1 amide bonds. The SMILES string of the molecule is Cn1cc(NC(=O)c2cc(Br)cn2C2CC2)ccc1=O. The number of carbonyl (C=O) groups excluding carboxylic acids is 1. The maximum Gasteiger partial charge on any atom is 0.272 e. The zero-order valence-electron chi connectivity index (χ0n) is 11.0. The third kappa shape index (κ3) is 2.56. The Hall–Kier alpha value is -1.82. The Morgan fingerprint density at radius 2 is 2.10 bits per heavy atom. The van der Waals surface area contributed by atoms with E-state index in [-0.39, 0.29) is 11.5 Å². The molecule has 1 saturated carbocycles. The van der Waals surface area contributed by atoms with Gasteiger partial charge in [0.15, 0.2) is 0 Å². The molecule has 2 heterocycles. The van der Waals surface area contributed by atoms with Gasteiger partial charge in [0.1, 0.15) is 5.69 Å². The van der Waals surface area contributed by atoms with E-state index in [0.717, 1.165) is 17.3 Å². The molecule has 1 aliphatic carbocycles. The molecular weight excluding hydrogens is 322 g/mol. The van der Waals surface area contributed by atoms with Gasteiger partial charge in [0, 0.05) is 36.0 Å². The second kappa shape index (κ2) is 4.94. The van der Waals surface area contributed by atoms with Crippen LogP contribution in [0.25, 0.3) is 0 Å². The smallest absolute Gasteiger partial charge is 0.272 e. The normalized spacial score (nSPS) is 14.3. The van der Waals surface area contributed by atoms with Gasteiger partial charge in [0.05, 0.1) is 5.69 Å². The van der Waals surface area contributed by atoms with Crippen molar-refractivity contribution in [3.05, 3.63) is 51.1 Å². The van der Waals surface area contributed by atoms with Crippen molar-refractivity contribution in [1.29, 1.82) is 0 Å². The Bertz CT molecular complexity index is 728. The molecule has 5 nitrogen and oxygen atoms in total. The lowest BCUT2D eigenvalue weighted by atomic mass is 10.3. The molecule has 0 bridgehead atoms. The number of carbonyl (C=O) groups is 1. The minimum atomic E-state index is -0.166. The lowest BCUT2D eigenvalue weighted by Crippen LogP contribution is -2.19. The fourth-order valence-electron chi connectivity index (χ4n) is 2.15. The van der Waals surface area contributed by atoms with E-state index in [0.29, 0.717) is 17.4 Å². The summed E-state index contributed by atoms with van der Waals surface area (Å²) in [6, 6.07) is 5.29. The van der Waals surface area contributed by atoms with E-state index in [1.54, 1.807) is 19.3 Å². The quantitative estimate of drug-likeness (QED) is 0.937. The maximum atomic E-state index is 12.3. The second-order valence-corrected chi connectivity index (χ2v) is 5.92. The molecule has 6 heteroatoms. The summed E-state index contributed by atoms with van der Waals surface area (Å²) >= 11 is 3.41. The summed E-state index contributed by atoms with van der Waals surface area (Å²) in [6.07, 6.45) is 5.77. The molecule has 0 atom stereocenters. The highest BCUT2D eigenvalue weighted by atomic mass is 79.9. The number of hydrogen-bond donors (Lipinski definition) is 1. The maximum absolute atomic E-state index is 12.3. The zero-order chi connectivity index (χ0) is 14.3. The van der Waals surface area contributed by atoms with Crippen LogP contribution in [0.3, 0.4) is 0 Å². The van der Waals surface area contributed by atoms with Gasteiger partial charge in [0.25, 0.3) is 5.91 Å². The van der Waals surface area contributed by atoms with E-state index in [4.69, 9.17) is 0 Å². The monoisotopic (exact) mass is 335 g/mol. The Morgan fingerprint density at radius 3 is 2.75 bits per heavy atom. The van der Waals surface area contributed by atoms with Crippen molar-refractivity contribution >= 4 is 27.5 Å². The summed E-state index contributed by atoms with van der Waals surface area (Å²) in [6.45, 7) is 0. The minimum absolute atomic E-state index is 0.105. The molecule has 0 aliphatic heterocycles. The van der Waals surface area contributed by atoms with E-state index in [1.165, 1.54) is 10.6 Å². The summed E-state index contributed by atoms with van der Waals surface area (Å²) in [7, 11) is 1.65. The standard InChI is InChI=1S/C14H14BrN3O2/c1-17-8-10(2-5-13(17)19)16-14(20)12-6-9(15)7-18(12)11-3-4-11/h2,5-8,11H,3-4H2,1H3,(H,16,20). The van der Waals surface area contributed by atoms with Gasteiger partial charge in [-0.15, -0.1) is 0 Å². The first-order valence-electron chi connectivity index (χ1n) is 6.40. The van der Waals surface area contributed by atoms with E-state index in [2.05, 4.69) is 21.2 Å². The first-order chi connectivity index (χ1) is 9.54. The lowest BCUT2D eigenvalue weighted by molar-refractivity contribution is 0.101. The Balaban J connectivity index is 1.85. The van der Waals surface area contributed by atoms with Crippen LogP contribution in [0.2, 0.25) is 0 Å². The van der Waals surface area contributed by atoms with Crippen molar-refractivity contribution in [3.8, 4) is 0 Å². The largest absolute Gasteiger partial charge is 0.339 e. The van der Waals surface area contributed by atoms with E-state index >= 15 is 0 Å². The average Bonchev–Trinajstić information content (AvgIpc) is 3.17. The number of hydrogen-bond acceptors (Lipinski definition) is 2. The fraction of sp³-hybridized carbons (Fsp3) is 0.286. The van der Waals surface area contributed by atoms with Crippen molar-refractivity contribution < 1.29 is 4.79 Å². The zero-order valence-corrected chi connectivity index (χ0v) is 12.6. The van der Waals surface area contributed by atoms with Gasteiger partial charge in [-0.2, -0.15) is 0 Å². The first-order valence-corrected chi connectivity index (χ1v) is 7.19. The number of aromatic nitrogens is 2. The minimum Gasteiger partial charge on any atom is -0.339 e. The van der Waals surface area contributed by atoms with Crippen molar-refractivity contribution in [2.75, 3.05) is 5.32 Å². The van der Waals surface area contributed by atoms with Crippen molar-refractivity contribution in [2.45, 2.75) is 18.9 Å². The van der Waals surface area contributed by atoms with Gasteiger partial charge in [-0.3, -0.25) is 9.59 Å². The van der Waals surface area contributed by atoms with Crippen LogP contribution in [0, 0.1) is 0 Å². The van der Waals surface area contributed by atoms with Crippen LogP contribution in [0.5, 0.6) is 0 Å². The number of anilines is 1. The first kappa shape index (κ1) is 13.2. The van der Waals surface area contributed by atoms with Crippen LogP contribution in [0.4, 0.5) is 5.69 Å². The molecule has 0 saturated heterocycles. The molecule has 20 heavy (non-hydrogen) atoms. The summed E-state index contributed by atoms with van der Waals surface area (Å²) < 4.78 is 4.34. The number of nitrogens with zero attached hydrogens (tertiary/aromatic N) is 2. The van der Waals surface area contributed by atoms with Crippen LogP contribution in [0.15, 0.2) is 39.9 Å². The third-order valence-electron chi connectivity index (χ3n) is 3.33. The topological polar surface area (TPSA) is 56.0 Å². The molecule has 0 spiro atoms. The van der Waals surface area contributed by atoms with E-state index in [9.17, 15) is 9.59 Å². The Morgan fingerprint density at radius 1 is 1.35 bits per heavy atom. The molecule has 1 aliphatic rings. The molecule has 104 valence electrons. The highest BCUT2D eigenvalue weighted by Gasteiger charge is 2.27. The number of nitrogens with one attached hydrogen (secondary N) is 1. The molecule has 3 rings (SSSR count).